The van der Waals surface area contributed by atoms with Crippen molar-refractivity contribution in [1.82, 2.24) is 14.9 Å². The number of ketones is 1. The second kappa shape index (κ2) is 6.27. The lowest BCUT2D eigenvalue weighted by Crippen LogP contribution is -2.35. The number of hydrogen-bond donors (Lipinski definition) is 0. The lowest BCUT2D eigenvalue weighted by molar-refractivity contribution is 0.0693. The summed E-state index contributed by atoms with van der Waals surface area (Å²) in [5, 5.41) is 0.975. The lowest BCUT2D eigenvalue weighted by atomic mass is 10.0. The molecule has 0 unspecified atom stereocenters. The summed E-state index contributed by atoms with van der Waals surface area (Å²) in [5.41, 5.74) is 3.46. The van der Waals surface area contributed by atoms with E-state index in [1.165, 1.54) is 12.8 Å². The van der Waals surface area contributed by atoms with E-state index in [0.29, 0.717) is 30.1 Å². The molecule has 5 nitrogen and oxygen atoms in total. The molecule has 2 aromatic heterocycles. The maximum absolute atomic E-state index is 13.1. The molecule has 0 saturated heterocycles. The molecule has 0 radical (unpaired) electrons. The number of thiazole rings is 1. The Morgan fingerprint density at radius 3 is 2.65 bits per heavy atom. The number of fused-ring (bicyclic) bond motifs is 1. The molecule has 0 aromatic carbocycles. The van der Waals surface area contributed by atoms with Crippen LogP contribution < -0.4 is 0 Å². The molecule has 6 heteroatoms. The van der Waals surface area contributed by atoms with Gasteiger partial charge in [-0.3, -0.25) is 9.59 Å². The van der Waals surface area contributed by atoms with Gasteiger partial charge < -0.3 is 4.90 Å². The smallest absolute Gasteiger partial charge is 0.257 e. The summed E-state index contributed by atoms with van der Waals surface area (Å²) in [6.07, 6.45) is 2.71. The first-order chi connectivity index (χ1) is 12.4. The van der Waals surface area contributed by atoms with Crippen LogP contribution >= 0.6 is 11.3 Å². The third-order valence-corrected chi connectivity index (χ3v) is 6.53. The Hall–Kier alpha value is -2.08. The number of nitrogens with zero attached hydrogens (tertiary/aromatic N) is 3. The molecule has 0 spiro atoms. The molecule has 1 fully saturated rings. The highest BCUT2D eigenvalue weighted by Crippen LogP contribution is 2.40. The van der Waals surface area contributed by atoms with E-state index >= 15 is 0 Å². The molecule has 2 aliphatic rings. The highest BCUT2D eigenvalue weighted by molar-refractivity contribution is 7.15. The highest BCUT2D eigenvalue weighted by atomic mass is 32.1. The second-order valence-electron chi connectivity index (χ2n) is 7.33. The van der Waals surface area contributed by atoms with E-state index in [0.717, 1.165) is 26.8 Å². The number of pyridine rings is 1. The fraction of sp³-hybridized carbons (Fsp3) is 0.500. The summed E-state index contributed by atoms with van der Waals surface area (Å²) in [6, 6.07) is 2.20. The maximum atomic E-state index is 13.1. The molecule has 0 N–H and O–H groups in total. The van der Waals surface area contributed by atoms with Gasteiger partial charge in [-0.25, -0.2) is 9.97 Å². The first kappa shape index (κ1) is 17.3. The Kier molecular flexibility index (Phi) is 4.18. The standard InChI is InChI=1S/C20H23N3O2S/c1-5-16(24)18-17-14(9-23(20(17)25)11(3)13-6-7-13)8-15(22-18)19-10(2)21-12(4)26-19/h8,11,13H,5-7,9H2,1-4H3/t11-/m0/s1. The van der Waals surface area contributed by atoms with Gasteiger partial charge in [0.2, 0.25) is 0 Å². The number of aryl methyl sites for hydroxylation is 2. The van der Waals surface area contributed by atoms with Crippen molar-refractivity contribution in [1.29, 1.82) is 0 Å². The van der Waals surface area contributed by atoms with Crippen molar-refractivity contribution in [2.75, 3.05) is 0 Å². The van der Waals surface area contributed by atoms with Crippen LogP contribution in [0, 0.1) is 19.8 Å². The van der Waals surface area contributed by atoms with Gasteiger partial charge in [-0.2, -0.15) is 0 Å². The Morgan fingerprint density at radius 1 is 1.35 bits per heavy atom. The van der Waals surface area contributed by atoms with Crippen molar-refractivity contribution in [2.24, 2.45) is 5.92 Å². The van der Waals surface area contributed by atoms with Gasteiger partial charge in [0, 0.05) is 19.0 Å². The molecule has 0 bridgehead atoms. The quantitative estimate of drug-likeness (QED) is 0.742. The molecule has 1 amide bonds. The van der Waals surface area contributed by atoms with E-state index in [4.69, 9.17) is 0 Å². The van der Waals surface area contributed by atoms with Crippen LogP contribution in [0.3, 0.4) is 0 Å². The van der Waals surface area contributed by atoms with Crippen LogP contribution in [-0.2, 0) is 6.54 Å². The van der Waals surface area contributed by atoms with Crippen LogP contribution in [0.5, 0.6) is 0 Å². The van der Waals surface area contributed by atoms with E-state index in [1.54, 1.807) is 11.3 Å². The molecular formula is C20H23N3O2S. The Morgan fingerprint density at radius 2 is 2.08 bits per heavy atom. The number of hydrogen-bond acceptors (Lipinski definition) is 5. The molecule has 3 heterocycles. The fourth-order valence-corrected chi connectivity index (χ4v) is 4.66. The molecule has 1 atom stereocenters. The van der Waals surface area contributed by atoms with Crippen LogP contribution in [-0.4, -0.2) is 32.6 Å². The summed E-state index contributed by atoms with van der Waals surface area (Å²) in [6.45, 7) is 8.43. The Balaban J connectivity index is 1.83. The van der Waals surface area contributed by atoms with Crippen molar-refractivity contribution >= 4 is 23.0 Å². The second-order valence-corrected chi connectivity index (χ2v) is 8.53. The predicted octanol–water partition coefficient (Wildman–Crippen LogP) is 4.17. The number of amides is 1. The molecule has 26 heavy (non-hydrogen) atoms. The van der Waals surface area contributed by atoms with Gasteiger partial charge in [0.05, 0.1) is 26.8 Å². The summed E-state index contributed by atoms with van der Waals surface area (Å²) < 4.78 is 0. The van der Waals surface area contributed by atoms with E-state index in [1.807, 2.05) is 31.7 Å². The van der Waals surface area contributed by atoms with Crippen LogP contribution in [0.25, 0.3) is 10.6 Å². The molecule has 1 saturated carbocycles. The minimum absolute atomic E-state index is 0.0348. The Bertz CT molecular complexity index is 914. The Labute approximate surface area is 157 Å². The zero-order chi connectivity index (χ0) is 18.6. The van der Waals surface area contributed by atoms with Gasteiger partial charge in [0.1, 0.15) is 5.69 Å². The minimum Gasteiger partial charge on any atom is -0.331 e. The number of rotatable bonds is 5. The van der Waals surface area contributed by atoms with Crippen LogP contribution in [0.2, 0.25) is 0 Å². The van der Waals surface area contributed by atoms with Crippen molar-refractivity contribution in [3.8, 4) is 10.6 Å². The predicted molar refractivity (Wildman–Crippen MR) is 102 cm³/mol. The largest absolute Gasteiger partial charge is 0.331 e. The monoisotopic (exact) mass is 369 g/mol. The van der Waals surface area contributed by atoms with Gasteiger partial charge >= 0.3 is 0 Å². The number of carbonyl (C=O) groups is 2. The molecule has 1 aliphatic carbocycles. The van der Waals surface area contributed by atoms with Crippen molar-refractivity contribution < 1.29 is 9.59 Å². The molecular weight excluding hydrogens is 346 g/mol. The zero-order valence-electron chi connectivity index (χ0n) is 15.6. The average molecular weight is 369 g/mol. The van der Waals surface area contributed by atoms with E-state index in [-0.39, 0.29) is 17.7 Å². The van der Waals surface area contributed by atoms with Gasteiger partial charge in [-0.1, -0.05) is 6.92 Å². The maximum Gasteiger partial charge on any atom is 0.257 e. The molecule has 136 valence electrons. The van der Waals surface area contributed by atoms with Gasteiger partial charge in [-0.05, 0) is 51.2 Å². The van der Waals surface area contributed by atoms with Gasteiger partial charge in [0.25, 0.3) is 5.91 Å². The van der Waals surface area contributed by atoms with E-state index < -0.39 is 0 Å². The third-order valence-electron chi connectivity index (χ3n) is 5.43. The number of Topliss-reactive ketones (excluding diaryl/α,β-unsaturated/α-hetero) is 1. The van der Waals surface area contributed by atoms with E-state index in [2.05, 4.69) is 16.9 Å². The first-order valence-corrected chi connectivity index (χ1v) is 10.0. The topological polar surface area (TPSA) is 63.2 Å². The summed E-state index contributed by atoms with van der Waals surface area (Å²) in [5.74, 6) is 0.487. The lowest BCUT2D eigenvalue weighted by Gasteiger charge is -2.23. The van der Waals surface area contributed by atoms with Crippen LogP contribution in [0.4, 0.5) is 0 Å². The van der Waals surface area contributed by atoms with Crippen molar-refractivity contribution in [3.63, 3.8) is 0 Å². The van der Waals surface area contributed by atoms with Crippen molar-refractivity contribution in [2.45, 2.75) is 59.5 Å². The third kappa shape index (κ3) is 2.76. The van der Waals surface area contributed by atoms with Gasteiger partial charge in [0.15, 0.2) is 5.78 Å². The highest BCUT2D eigenvalue weighted by Gasteiger charge is 2.40. The summed E-state index contributed by atoms with van der Waals surface area (Å²) >= 11 is 1.58. The average Bonchev–Trinajstić information content (AvgIpc) is 3.34. The van der Waals surface area contributed by atoms with E-state index in [9.17, 15) is 9.59 Å². The van der Waals surface area contributed by atoms with Crippen molar-refractivity contribution in [3.05, 3.63) is 33.6 Å². The normalized spacial score (nSPS) is 17.5. The summed E-state index contributed by atoms with van der Waals surface area (Å²) in [4.78, 5) is 37.6. The summed E-state index contributed by atoms with van der Waals surface area (Å²) in [7, 11) is 0. The first-order valence-electron chi connectivity index (χ1n) is 9.23. The van der Waals surface area contributed by atoms with Crippen LogP contribution in [0.15, 0.2) is 6.07 Å². The molecule has 4 rings (SSSR count). The fourth-order valence-electron chi connectivity index (χ4n) is 3.78. The molecule has 1 aliphatic heterocycles. The zero-order valence-corrected chi connectivity index (χ0v) is 16.4. The minimum atomic E-state index is -0.0729. The molecule has 2 aromatic rings. The SMILES string of the molecule is CCC(=O)c1nc(-c2sc(C)nc2C)cc2c1C(=O)N([C@@H](C)C1CC1)C2. The van der Waals surface area contributed by atoms with Gasteiger partial charge in [-0.15, -0.1) is 11.3 Å². The number of carbonyl (C=O) groups excluding carboxylic acids is 2. The number of aromatic nitrogens is 2. The van der Waals surface area contributed by atoms with Crippen LogP contribution in [0.1, 0.15) is 70.2 Å².